The van der Waals surface area contributed by atoms with Crippen molar-refractivity contribution in [1.82, 2.24) is 24.6 Å². The number of imidazole rings is 1. The van der Waals surface area contributed by atoms with Crippen molar-refractivity contribution in [2.24, 2.45) is 7.05 Å². The lowest BCUT2D eigenvalue weighted by Gasteiger charge is -2.30. The Bertz CT molecular complexity index is 1060. The fraction of sp³-hybridized carbons (Fsp3) is 0.381. The minimum Gasteiger partial charge on any atom is -0.374 e. The van der Waals surface area contributed by atoms with Gasteiger partial charge in [-0.15, -0.1) is 0 Å². The smallest absolute Gasteiger partial charge is 0.374 e. The molecule has 7 nitrogen and oxygen atoms in total. The van der Waals surface area contributed by atoms with E-state index in [0.717, 1.165) is 15.9 Å². The molecule has 0 fully saturated rings. The maximum Gasteiger partial charge on any atom is 0.424 e. The Morgan fingerprint density at radius 3 is 2.45 bits per heavy atom. The average molecular weight is 435 g/mol. The fourth-order valence-corrected chi connectivity index (χ4v) is 3.50. The zero-order valence-corrected chi connectivity index (χ0v) is 17.4. The summed E-state index contributed by atoms with van der Waals surface area (Å²) in [6, 6.07) is 9.41. The van der Waals surface area contributed by atoms with Crippen LogP contribution in [0, 0.1) is 13.8 Å². The first-order valence-electron chi connectivity index (χ1n) is 9.68. The predicted molar refractivity (Wildman–Crippen MR) is 108 cm³/mol. The van der Waals surface area contributed by atoms with Gasteiger partial charge in [-0.05, 0) is 26.0 Å². The molecule has 10 heteroatoms. The monoisotopic (exact) mass is 435 g/mol. The van der Waals surface area contributed by atoms with Crippen LogP contribution in [0.3, 0.4) is 0 Å². The van der Waals surface area contributed by atoms with Gasteiger partial charge in [-0.1, -0.05) is 18.2 Å². The number of alkyl halides is 3. The molecule has 2 N–H and O–H groups in total. The van der Waals surface area contributed by atoms with E-state index >= 15 is 0 Å². The van der Waals surface area contributed by atoms with Crippen LogP contribution in [0.25, 0.3) is 5.69 Å². The molecule has 2 aromatic heterocycles. The lowest BCUT2D eigenvalue weighted by molar-refractivity contribution is -0.272. The third kappa shape index (κ3) is 4.48. The van der Waals surface area contributed by atoms with Crippen molar-refractivity contribution in [3.8, 4) is 5.69 Å². The van der Waals surface area contributed by atoms with Gasteiger partial charge in [0.25, 0.3) is 0 Å². The number of carbonyl (C=O) groups excluding carboxylic acids is 1. The summed E-state index contributed by atoms with van der Waals surface area (Å²) in [5.74, 6) is -0.978. The summed E-state index contributed by atoms with van der Waals surface area (Å²) >= 11 is 0. The number of nitrogens with one attached hydrogen (secondary N) is 1. The molecule has 0 saturated carbocycles. The molecule has 1 aromatic carbocycles. The van der Waals surface area contributed by atoms with E-state index in [1.165, 1.54) is 19.4 Å². The summed E-state index contributed by atoms with van der Waals surface area (Å²) in [7, 11) is 1.37. The van der Waals surface area contributed by atoms with Crippen molar-refractivity contribution in [3.63, 3.8) is 0 Å². The normalized spacial score (nSPS) is 13.8. The maximum atomic E-state index is 13.6. The van der Waals surface area contributed by atoms with Gasteiger partial charge in [0, 0.05) is 43.7 Å². The quantitative estimate of drug-likeness (QED) is 0.598. The number of hydrogen-bond donors (Lipinski definition) is 2. The lowest BCUT2D eigenvalue weighted by atomic mass is 9.97. The molecule has 2 heterocycles. The number of halogens is 3. The SMILES string of the molecule is Cc1nn(-c2ccccc2)c(C)c1CC(=O)NCCC(O)(c1nccn1C)C(F)(F)F. The summed E-state index contributed by atoms with van der Waals surface area (Å²) in [6.07, 6.45) is -3.23. The number of nitrogens with zero attached hydrogens (tertiary/aromatic N) is 4. The van der Waals surface area contributed by atoms with Crippen molar-refractivity contribution in [1.29, 1.82) is 0 Å². The first-order valence-corrected chi connectivity index (χ1v) is 9.68. The Morgan fingerprint density at radius 2 is 1.87 bits per heavy atom. The molecule has 1 atom stereocenters. The zero-order valence-electron chi connectivity index (χ0n) is 17.4. The van der Waals surface area contributed by atoms with Gasteiger partial charge < -0.3 is 15.0 Å². The van der Waals surface area contributed by atoms with Crippen LogP contribution in [-0.2, 0) is 23.9 Å². The molecule has 3 rings (SSSR count). The van der Waals surface area contributed by atoms with Gasteiger partial charge in [-0.25, -0.2) is 9.67 Å². The van der Waals surface area contributed by atoms with Crippen LogP contribution in [0.5, 0.6) is 0 Å². The number of amides is 1. The molecule has 31 heavy (non-hydrogen) atoms. The number of carbonyl (C=O) groups is 1. The molecule has 0 bridgehead atoms. The molecule has 3 aromatic rings. The summed E-state index contributed by atoms with van der Waals surface area (Å²) in [6.45, 7) is 3.24. The standard InChI is InChI=1S/C21H24F3N5O2/c1-14-17(15(2)29(27-14)16-7-5-4-6-8-16)13-18(30)25-10-9-20(31,21(22,23)24)19-26-11-12-28(19)3/h4-8,11-12,31H,9-10,13H2,1-3H3,(H,25,30). The van der Waals surface area contributed by atoms with Crippen molar-refractivity contribution >= 4 is 5.91 Å². The van der Waals surface area contributed by atoms with Crippen LogP contribution in [0.4, 0.5) is 13.2 Å². The first-order chi connectivity index (χ1) is 14.5. The number of para-hydroxylation sites is 1. The van der Waals surface area contributed by atoms with Crippen molar-refractivity contribution < 1.29 is 23.1 Å². The van der Waals surface area contributed by atoms with Crippen molar-refractivity contribution in [2.45, 2.75) is 38.5 Å². The molecular weight excluding hydrogens is 411 g/mol. The molecule has 1 amide bonds. The van der Waals surface area contributed by atoms with Crippen LogP contribution in [0.1, 0.15) is 29.2 Å². The Labute approximate surface area is 177 Å². The highest BCUT2D eigenvalue weighted by Crippen LogP contribution is 2.40. The molecule has 0 spiro atoms. The van der Waals surface area contributed by atoms with Gasteiger partial charge in [0.1, 0.15) is 5.82 Å². The van der Waals surface area contributed by atoms with E-state index in [-0.39, 0.29) is 13.0 Å². The van der Waals surface area contributed by atoms with Gasteiger partial charge in [0.15, 0.2) is 0 Å². The Hall–Kier alpha value is -3.14. The second kappa shape index (κ2) is 8.54. The van der Waals surface area contributed by atoms with Crippen LogP contribution in [0.2, 0.25) is 0 Å². The highest BCUT2D eigenvalue weighted by atomic mass is 19.4. The Kier molecular flexibility index (Phi) is 6.21. The van der Waals surface area contributed by atoms with E-state index in [2.05, 4.69) is 15.4 Å². The van der Waals surface area contributed by atoms with Gasteiger partial charge in [-0.3, -0.25) is 4.79 Å². The van der Waals surface area contributed by atoms with Crippen molar-refractivity contribution in [3.05, 3.63) is 65.5 Å². The van der Waals surface area contributed by atoms with E-state index in [0.29, 0.717) is 11.3 Å². The van der Waals surface area contributed by atoms with Crippen LogP contribution in [-0.4, -0.2) is 43.1 Å². The zero-order chi connectivity index (χ0) is 22.8. The summed E-state index contributed by atoms with van der Waals surface area (Å²) in [5.41, 5.74) is -0.172. The number of aliphatic hydroxyl groups is 1. The fourth-order valence-electron chi connectivity index (χ4n) is 3.50. The number of aromatic nitrogens is 4. The summed E-state index contributed by atoms with van der Waals surface area (Å²) < 4.78 is 43.5. The number of aryl methyl sites for hydroxylation is 2. The Morgan fingerprint density at radius 1 is 1.19 bits per heavy atom. The number of hydrogen-bond acceptors (Lipinski definition) is 4. The third-order valence-corrected chi connectivity index (χ3v) is 5.25. The van der Waals surface area contributed by atoms with Crippen molar-refractivity contribution in [2.75, 3.05) is 6.54 Å². The van der Waals surface area contributed by atoms with Crippen LogP contribution >= 0.6 is 0 Å². The molecule has 0 radical (unpaired) electrons. The van der Waals surface area contributed by atoms with Gasteiger partial charge in [-0.2, -0.15) is 18.3 Å². The van der Waals surface area contributed by atoms with Gasteiger partial charge >= 0.3 is 6.18 Å². The molecule has 0 aliphatic rings. The van der Waals surface area contributed by atoms with E-state index < -0.39 is 29.9 Å². The van der Waals surface area contributed by atoms with E-state index in [4.69, 9.17) is 0 Å². The topological polar surface area (TPSA) is 85.0 Å². The van der Waals surface area contributed by atoms with E-state index in [9.17, 15) is 23.1 Å². The first kappa shape index (κ1) is 22.5. The summed E-state index contributed by atoms with van der Waals surface area (Å²) in [5, 5.41) is 17.3. The largest absolute Gasteiger partial charge is 0.424 e. The molecular formula is C21H24F3N5O2. The molecule has 0 aliphatic heterocycles. The highest BCUT2D eigenvalue weighted by Gasteiger charge is 2.57. The molecule has 1 unspecified atom stereocenters. The minimum absolute atomic E-state index is 0.0304. The lowest BCUT2D eigenvalue weighted by Crippen LogP contribution is -2.46. The summed E-state index contributed by atoms with van der Waals surface area (Å²) in [4.78, 5) is 16.1. The second-order valence-electron chi connectivity index (χ2n) is 7.39. The van der Waals surface area contributed by atoms with Gasteiger partial charge in [0.2, 0.25) is 11.5 Å². The minimum atomic E-state index is -4.94. The van der Waals surface area contributed by atoms with Crippen LogP contribution in [0.15, 0.2) is 42.7 Å². The number of benzene rings is 1. The predicted octanol–water partition coefficient (Wildman–Crippen LogP) is 2.72. The third-order valence-electron chi connectivity index (χ3n) is 5.25. The van der Waals surface area contributed by atoms with E-state index in [1.807, 2.05) is 37.3 Å². The van der Waals surface area contributed by atoms with Crippen LogP contribution < -0.4 is 5.32 Å². The second-order valence-corrected chi connectivity index (χ2v) is 7.39. The molecule has 0 aliphatic carbocycles. The van der Waals surface area contributed by atoms with Gasteiger partial charge in [0.05, 0.1) is 17.8 Å². The highest BCUT2D eigenvalue weighted by molar-refractivity contribution is 5.79. The Balaban J connectivity index is 1.68. The van der Waals surface area contributed by atoms with E-state index in [1.54, 1.807) is 11.6 Å². The molecule has 166 valence electrons. The average Bonchev–Trinajstić information content (AvgIpc) is 3.26. The number of rotatable bonds is 7. The maximum absolute atomic E-state index is 13.6. The molecule has 0 saturated heterocycles.